The minimum atomic E-state index is -1.21. The van der Waals surface area contributed by atoms with E-state index < -0.39 is 63.6 Å². The van der Waals surface area contributed by atoms with E-state index in [1.54, 1.807) is 55.4 Å². The summed E-state index contributed by atoms with van der Waals surface area (Å²) in [6.45, 7) is 13.4. The second kappa shape index (κ2) is 9.68. The van der Waals surface area contributed by atoms with Crippen LogP contribution in [0.15, 0.2) is 0 Å². The largest absolute Gasteiger partial charge is 0.458 e. The summed E-state index contributed by atoms with van der Waals surface area (Å²) in [6, 6.07) is 0. The third-order valence-electron chi connectivity index (χ3n) is 7.04. The molecule has 4 fully saturated rings. The summed E-state index contributed by atoms with van der Waals surface area (Å²) in [7, 11) is 0. The first-order chi connectivity index (χ1) is 16.8. The van der Waals surface area contributed by atoms with E-state index in [4.69, 9.17) is 18.9 Å². The van der Waals surface area contributed by atoms with Gasteiger partial charge in [-0.2, -0.15) is 0 Å². The van der Waals surface area contributed by atoms with Crippen LogP contribution < -0.4 is 0 Å². The summed E-state index contributed by atoms with van der Waals surface area (Å²) in [6.07, 6.45) is 1.15. The Morgan fingerprint density at radius 3 is 0.658 bits per heavy atom. The van der Waals surface area contributed by atoms with Crippen molar-refractivity contribution >= 4 is 87.6 Å². The molecular weight excluding hydrogens is 760 g/mol. The number of hydrogen-bond acceptors (Lipinski definition) is 8. The van der Waals surface area contributed by atoms with Gasteiger partial charge in [0.2, 0.25) is 0 Å². The maximum Gasteiger partial charge on any atom is 0.322 e. The van der Waals surface area contributed by atoms with E-state index in [0.717, 1.165) is 0 Å². The fourth-order valence-corrected chi connectivity index (χ4v) is 6.30. The van der Waals surface area contributed by atoms with Gasteiger partial charge < -0.3 is 18.9 Å². The van der Waals surface area contributed by atoms with Crippen molar-refractivity contribution in [1.82, 2.24) is 0 Å². The fraction of sp³-hybridized carbons (Fsp3) is 0.846. The lowest BCUT2D eigenvalue weighted by molar-refractivity contribution is -0.310. The van der Waals surface area contributed by atoms with Gasteiger partial charge in [-0.3, -0.25) is 19.2 Å². The molecule has 12 heteroatoms. The minimum absolute atomic E-state index is 0.192. The Kier molecular flexibility index (Phi) is 8.23. The van der Waals surface area contributed by atoms with Crippen molar-refractivity contribution in [1.29, 1.82) is 0 Å². The van der Waals surface area contributed by atoms with Gasteiger partial charge in [0.25, 0.3) is 0 Å². The Balaban J connectivity index is 2.18. The Hall–Kier alpha value is -0.200. The standard InChI is InChI=1S/C26H36Br4O8/c1-19(2,27)15(31)35-23-9-24(36-16(32)20(3,4)28)12-25(10-23,37-17(33)21(5,6)29)14-26(11-23,13-24)38-18(34)22(7,8)30/h9-14H2,1-8H3. The zero-order chi connectivity index (χ0) is 29.4. The van der Waals surface area contributed by atoms with Gasteiger partial charge in [0.1, 0.15) is 39.7 Å². The van der Waals surface area contributed by atoms with Crippen molar-refractivity contribution in [2.75, 3.05) is 0 Å². The number of hydrogen-bond donors (Lipinski definition) is 0. The van der Waals surface area contributed by atoms with Crippen LogP contribution in [0.2, 0.25) is 0 Å². The predicted octanol–water partition coefficient (Wildman–Crippen LogP) is 6.19. The van der Waals surface area contributed by atoms with Gasteiger partial charge in [0, 0.05) is 38.5 Å². The van der Waals surface area contributed by atoms with Crippen molar-refractivity contribution in [2.45, 2.75) is 134 Å². The summed E-state index contributed by atoms with van der Waals surface area (Å²) < 4.78 is 20.8. The Bertz CT molecular complexity index is 828. The molecule has 0 amide bonds. The van der Waals surface area contributed by atoms with Gasteiger partial charge in [-0.15, -0.1) is 0 Å². The number of halogens is 4. The molecule has 4 saturated carbocycles. The molecule has 0 saturated heterocycles. The summed E-state index contributed by atoms with van der Waals surface area (Å²) in [5.41, 5.74) is -4.83. The van der Waals surface area contributed by atoms with Crippen LogP contribution in [0.1, 0.15) is 93.9 Å². The Morgan fingerprint density at radius 1 is 0.421 bits per heavy atom. The van der Waals surface area contributed by atoms with E-state index in [1.807, 2.05) is 0 Å². The number of rotatable bonds is 8. The molecule has 0 heterocycles. The van der Waals surface area contributed by atoms with Crippen LogP contribution in [0.4, 0.5) is 0 Å². The molecule has 0 aliphatic heterocycles. The van der Waals surface area contributed by atoms with Gasteiger partial charge in [0.05, 0.1) is 0 Å². The molecular formula is C26H36Br4O8. The van der Waals surface area contributed by atoms with Crippen molar-refractivity contribution in [2.24, 2.45) is 0 Å². The van der Waals surface area contributed by atoms with Crippen molar-refractivity contribution in [3.63, 3.8) is 0 Å². The fourth-order valence-electron chi connectivity index (χ4n) is 5.98. The molecule has 0 aromatic rings. The first-order valence-corrected chi connectivity index (χ1v) is 15.6. The van der Waals surface area contributed by atoms with Crippen molar-refractivity contribution in [3.8, 4) is 0 Å². The highest BCUT2D eigenvalue weighted by Gasteiger charge is 2.75. The van der Waals surface area contributed by atoms with Gasteiger partial charge in [-0.1, -0.05) is 63.7 Å². The van der Waals surface area contributed by atoms with Gasteiger partial charge in [0.15, 0.2) is 0 Å². The SMILES string of the molecule is CC(C)(Br)C(=O)OC12CC3(OC(=O)C(C)(C)Br)CC(OC(=O)C(C)(C)Br)(C1)CC(OC(=O)C(C)(C)Br)(C2)C3. The summed E-state index contributed by atoms with van der Waals surface area (Å²) in [4.78, 5) is 52.8. The first-order valence-electron chi connectivity index (χ1n) is 12.4. The molecule has 0 unspecified atom stereocenters. The molecule has 4 rings (SSSR count). The van der Waals surface area contributed by atoms with E-state index in [9.17, 15) is 19.2 Å². The number of alkyl halides is 4. The van der Waals surface area contributed by atoms with E-state index in [-0.39, 0.29) is 38.5 Å². The average Bonchev–Trinajstić information content (AvgIpc) is 2.62. The Labute approximate surface area is 257 Å². The molecule has 38 heavy (non-hydrogen) atoms. The normalized spacial score (nSPS) is 32.9. The van der Waals surface area contributed by atoms with Crippen LogP contribution in [0, 0.1) is 0 Å². The van der Waals surface area contributed by atoms with Crippen LogP contribution in [0.5, 0.6) is 0 Å². The third-order valence-corrected chi connectivity index (χ3v) is 8.34. The number of carbonyl (C=O) groups excluding carboxylic acids is 4. The zero-order valence-electron chi connectivity index (χ0n) is 23.0. The molecule has 4 bridgehead atoms. The summed E-state index contributed by atoms with van der Waals surface area (Å²) in [5.74, 6) is -2.09. The Morgan fingerprint density at radius 2 is 0.553 bits per heavy atom. The van der Waals surface area contributed by atoms with Crippen LogP contribution in [-0.2, 0) is 38.1 Å². The lowest BCUT2D eigenvalue weighted by atomic mass is 9.48. The topological polar surface area (TPSA) is 105 Å². The molecule has 0 N–H and O–H groups in total. The van der Waals surface area contributed by atoms with E-state index in [1.165, 1.54) is 0 Å². The van der Waals surface area contributed by atoms with E-state index >= 15 is 0 Å². The number of ether oxygens (including phenoxy) is 4. The number of carbonyl (C=O) groups is 4. The summed E-state index contributed by atoms with van der Waals surface area (Å²) in [5, 5.41) is 0. The van der Waals surface area contributed by atoms with Crippen LogP contribution >= 0.6 is 63.7 Å². The zero-order valence-corrected chi connectivity index (χ0v) is 29.4. The smallest absolute Gasteiger partial charge is 0.322 e. The highest BCUT2D eigenvalue weighted by atomic mass is 79.9. The third kappa shape index (κ3) is 6.81. The lowest BCUT2D eigenvalue weighted by Gasteiger charge is -2.67. The minimum Gasteiger partial charge on any atom is -0.458 e. The van der Waals surface area contributed by atoms with Gasteiger partial charge in [-0.05, 0) is 55.4 Å². The molecule has 0 aromatic heterocycles. The molecule has 0 aromatic carbocycles. The van der Waals surface area contributed by atoms with Crippen molar-refractivity contribution < 1.29 is 38.1 Å². The molecule has 0 spiro atoms. The van der Waals surface area contributed by atoms with Crippen LogP contribution in [-0.4, -0.2) is 63.6 Å². The molecule has 0 atom stereocenters. The van der Waals surface area contributed by atoms with E-state index in [0.29, 0.717) is 0 Å². The molecule has 4 aliphatic rings. The number of esters is 4. The molecule has 4 aliphatic carbocycles. The highest BCUT2D eigenvalue weighted by molar-refractivity contribution is 9.10. The quantitative estimate of drug-likeness (QED) is 0.163. The van der Waals surface area contributed by atoms with Crippen LogP contribution in [0.3, 0.4) is 0 Å². The molecule has 8 nitrogen and oxygen atoms in total. The monoisotopic (exact) mass is 792 g/mol. The predicted molar refractivity (Wildman–Crippen MR) is 155 cm³/mol. The van der Waals surface area contributed by atoms with E-state index in [2.05, 4.69) is 63.7 Å². The second-order valence-corrected chi connectivity index (χ2v) is 21.2. The highest BCUT2D eigenvalue weighted by Crippen LogP contribution is 2.66. The average molecular weight is 796 g/mol. The van der Waals surface area contributed by atoms with Crippen molar-refractivity contribution in [3.05, 3.63) is 0 Å². The first kappa shape index (κ1) is 32.3. The molecule has 216 valence electrons. The van der Waals surface area contributed by atoms with Crippen LogP contribution in [0.25, 0.3) is 0 Å². The maximum atomic E-state index is 13.2. The second-order valence-electron chi connectivity index (χ2n) is 13.2. The van der Waals surface area contributed by atoms with Gasteiger partial charge in [-0.25, -0.2) is 0 Å². The maximum absolute atomic E-state index is 13.2. The molecule has 0 radical (unpaired) electrons. The lowest BCUT2D eigenvalue weighted by Crippen LogP contribution is -2.75. The van der Waals surface area contributed by atoms with Gasteiger partial charge >= 0.3 is 23.9 Å². The summed E-state index contributed by atoms with van der Waals surface area (Å²) >= 11 is 13.5.